The molecule has 0 saturated carbocycles. The Morgan fingerprint density at radius 2 is 1.36 bits per heavy atom. The van der Waals surface area contributed by atoms with Crippen molar-refractivity contribution in [2.24, 2.45) is 11.8 Å². The van der Waals surface area contributed by atoms with Crippen LogP contribution >= 0.6 is 0 Å². The minimum atomic E-state index is -2.74. The number of carboxylic acids is 3. The first-order valence-electron chi connectivity index (χ1n) is 7.75. The summed E-state index contributed by atoms with van der Waals surface area (Å²) < 4.78 is 0. The highest BCUT2D eigenvalue weighted by atomic mass is 16.4. The van der Waals surface area contributed by atoms with E-state index in [0.29, 0.717) is 11.7 Å². The quantitative estimate of drug-likeness (QED) is 0.436. The molecule has 0 radical (unpaired) electrons. The summed E-state index contributed by atoms with van der Waals surface area (Å²) in [6.07, 6.45) is -1.28. The van der Waals surface area contributed by atoms with Crippen LogP contribution in [0.5, 0.6) is 0 Å². The van der Waals surface area contributed by atoms with Gasteiger partial charge >= 0.3 is 17.9 Å². The van der Waals surface area contributed by atoms with E-state index in [1.54, 1.807) is 6.92 Å². The standard InChI is InChI=1S/C10H21NO.C6H8O7/c1-8(2)6-10(9(3)12)7-11(4)5;7-3(8)1-6(13,5(11)12)2-4(9)10/h8,10H,6-7H2,1-5H3;13H,1-2H2,(H,7,8)(H,9,10)(H,11,12). The summed E-state index contributed by atoms with van der Waals surface area (Å²) in [6, 6.07) is 0. The molecule has 1 unspecified atom stereocenters. The number of nitrogens with zero attached hydrogens (tertiary/aromatic N) is 1. The molecule has 4 N–H and O–H groups in total. The van der Waals surface area contributed by atoms with Crippen LogP contribution < -0.4 is 0 Å². The number of hydrogen-bond donors (Lipinski definition) is 4. The van der Waals surface area contributed by atoms with Gasteiger partial charge in [0.1, 0.15) is 5.78 Å². The van der Waals surface area contributed by atoms with E-state index in [1.165, 1.54) is 0 Å². The Hall–Kier alpha value is -2.00. The van der Waals surface area contributed by atoms with Gasteiger partial charge in [-0.15, -0.1) is 0 Å². The molecule has 0 aromatic heterocycles. The van der Waals surface area contributed by atoms with E-state index in [-0.39, 0.29) is 5.92 Å². The molecule has 0 aliphatic rings. The molecule has 0 bridgehead atoms. The summed E-state index contributed by atoms with van der Waals surface area (Å²) in [5.74, 6) is -3.87. The Morgan fingerprint density at radius 3 is 1.56 bits per heavy atom. The largest absolute Gasteiger partial charge is 0.481 e. The maximum Gasteiger partial charge on any atom is 0.336 e. The van der Waals surface area contributed by atoms with Gasteiger partial charge in [-0.05, 0) is 33.4 Å². The number of aliphatic hydroxyl groups is 1. The van der Waals surface area contributed by atoms with Crippen molar-refractivity contribution in [3.63, 3.8) is 0 Å². The lowest BCUT2D eigenvalue weighted by Gasteiger charge is -2.19. The third-order valence-corrected chi connectivity index (χ3v) is 3.20. The summed E-state index contributed by atoms with van der Waals surface area (Å²) in [5, 5.41) is 33.8. The molecule has 0 saturated heterocycles. The highest BCUT2D eigenvalue weighted by Crippen LogP contribution is 2.15. The van der Waals surface area contributed by atoms with Crippen molar-refractivity contribution in [1.82, 2.24) is 4.90 Å². The van der Waals surface area contributed by atoms with E-state index in [2.05, 4.69) is 18.7 Å². The van der Waals surface area contributed by atoms with Crippen molar-refractivity contribution in [1.29, 1.82) is 0 Å². The van der Waals surface area contributed by atoms with Gasteiger partial charge in [0.15, 0.2) is 5.60 Å². The minimum absolute atomic E-state index is 0.222. The summed E-state index contributed by atoms with van der Waals surface area (Å²) >= 11 is 0. The number of Topliss-reactive ketones (excluding diaryl/α,β-unsaturated/α-hetero) is 1. The van der Waals surface area contributed by atoms with Gasteiger partial charge in [-0.1, -0.05) is 13.8 Å². The zero-order valence-corrected chi connectivity index (χ0v) is 15.4. The maximum atomic E-state index is 11.2. The molecule has 0 aliphatic heterocycles. The van der Waals surface area contributed by atoms with E-state index in [1.807, 2.05) is 14.1 Å². The molecule has 0 aromatic rings. The first-order chi connectivity index (χ1) is 11.2. The highest BCUT2D eigenvalue weighted by Gasteiger charge is 2.40. The molecule has 146 valence electrons. The van der Waals surface area contributed by atoms with E-state index in [4.69, 9.17) is 20.4 Å². The molecule has 0 amide bonds. The first kappa shape index (κ1) is 25.2. The number of ketones is 1. The number of carbonyl (C=O) groups excluding carboxylic acids is 1. The molecule has 1 atom stereocenters. The van der Waals surface area contributed by atoms with Crippen molar-refractivity contribution in [2.45, 2.75) is 45.6 Å². The van der Waals surface area contributed by atoms with Crippen molar-refractivity contribution < 1.29 is 39.6 Å². The fourth-order valence-electron chi connectivity index (χ4n) is 2.09. The lowest BCUT2D eigenvalue weighted by Crippen LogP contribution is -2.42. The smallest absolute Gasteiger partial charge is 0.336 e. The third kappa shape index (κ3) is 13.0. The Kier molecular flexibility index (Phi) is 11.6. The van der Waals surface area contributed by atoms with Gasteiger partial charge < -0.3 is 25.3 Å². The summed E-state index contributed by atoms with van der Waals surface area (Å²) in [6.45, 7) is 6.89. The molecular weight excluding hydrogens is 334 g/mol. The number of carboxylic acid groups (broad SMARTS) is 3. The van der Waals surface area contributed by atoms with Gasteiger partial charge in [-0.2, -0.15) is 0 Å². The Labute approximate surface area is 147 Å². The molecule has 0 aliphatic carbocycles. The summed E-state index contributed by atoms with van der Waals surface area (Å²) in [7, 11) is 4.02. The second-order valence-corrected chi connectivity index (χ2v) is 6.68. The molecule has 0 heterocycles. The molecule has 0 fully saturated rings. The second-order valence-electron chi connectivity index (χ2n) is 6.68. The van der Waals surface area contributed by atoms with Crippen LogP contribution in [-0.2, 0) is 19.2 Å². The average molecular weight is 363 g/mol. The molecule has 25 heavy (non-hydrogen) atoms. The number of aliphatic carboxylic acids is 3. The van der Waals surface area contributed by atoms with Gasteiger partial charge in [0.25, 0.3) is 0 Å². The normalized spacial score (nSPS) is 12.3. The summed E-state index contributed by atoms with van der Waals surface area (Å²) in [5.41, 5.74) is -2.74. The Bertz CT molecular complexity index is 447. The average Bonchev–Trinajstić information content (AvgIpc) is 2.35. The SMILES string of the molecule is CC(=O)C(CC(C)C)CN(C)C.O=C(O)CC(O)(CC(=O)O)C(=O)O. The van der Waals surface area contributed by atoms with Gasteiger partial charge in [0.2, 0.25) is 0 Å². The second kappa shape index (κ2) is 11.5. The fraction of sp³-hybridized carbons (Fsp3) is 0.750. The first-order valence-corrected chi connectivity index (χ1v) is 7.75. The lowest BCUT2D eigenvalue weighted by molar-refractivity contribution is -0.170. The maximum absolute atomic E-state index is 11.2. The van der Waals surface area contributed by atoms with Crippen LogP contribution in [0, 0.1) is 11.8 Å². The van der Waals surface area contributed by atoms with Gasteiger partial charge in [-0.25, -0.2) is 4.79 Å². The molecule has 9 nitrogen and oxygen atoms in total. The van der Waals surface area contributed by atoms with Crippen molar-refractivity contribution in [3.05, 3.63) is 0 Å². The molecule has 0 aromatic carbocycles. The number of rotatable bonds is 10. The van der Waals surface area contributed by atoms with E-state index < -0.39 is 36.4 Å². The van der Waals surface area contributed by atoms with Gasteiger partial charge in [0, 0.05) is 12.5 Å². The van der Waals surface area contributed by atoms with Crippen LogP contribution in [0.15, 0.2) is 0 Å². The minimum Gasteiger partial charge on any atom is -0.481 e. The van der Waals surface area contributed by atoms with E-state index in [9.17, 15) is 19.2 Å². The number of hydrogen-bond acceptors (Lipinski definition) is 6. The van der Waals surface area contributed by atoms with Gasteiger partial charge in [-0.3, -0.25) is 14.4 Å². The zero-order chi connectivity index (χ0) is 20.4. The Balaban J connectivity index is 0. The Morgan fingerprint density at radius 1 is 0.960 bits per heavy atom. The van der Waals surface area contributed by atoms with Crippen LogP contribution in [0.4, 0.5) is 0 Å². The topological polar surface area (TPSA) is 152 Å². The highest BCUT2D eigenvalue weighted by molar-refractivity contribution is 5.88. The van der Waals surface area contributed by atoms with Crippen LogP contribution in [0.25, 0.3) is 0 Å². The zero-order valence-electron chi connectivity index (χ0n) is 15.4. The van der Waals surface area contributed by atoms with Crippen molar-refractivity contribution in [2.75, 3.05) is 20.6 Å². The summed E-state index contributed by atoms with van der Waals surface area (Å²) in [4.78, 5) is 43.8. The lowest BCUT2D eigenvalue weighted by atomic mass is 9.93. The molecule has 9 heteroatoms. The van der Waals surface area contributed by atoms with E-state index in [0.717, 1.165) is 13.0 Å². The van der Waals surface area contributed by atoms with E-state index >= 15 is 0 Å². The van der Waals surface area contributed by atoms with Gasteiger partial charge in [0.05, 0.1) is 12.8 Å². The monoisotopic (exact) mass is 363 g/mol. The van der Waals surface area contributed by atoms with Crippen LogP contribution in [0.1, 0.15) is 40.0 Å². The van der Waals surface area contributed by atoms with Crippen LogP contribution in [-0.4, -0.2) is 75.3 Å². The van der Waals surface area contributed by atoms with Crippen molar-refractivity contribution >= 4 is 23.7 Å². The molecular formula is C16H29NO8. The number of carbonyl (C=O) groups is 4. The van der Waals surface area contributed by atoms with Crippen molar-refractivity contribution in [3.8, 4) is 0 Å². The fourth-order valence-corrected chi connectivity index (χ4v) is 2.09. The van der Waals surface area contributed by atoms with Crippen LogP contribution in [0.2, 0.25) is 0 Å². The molecule has 0 rings (SSSR count). The van der Waals surface area contributed by atoms with Crippen LogP contribution in [0.3, 0.4) is 0 Å². The predicted octanol–water partition coefficient (Wildman–Crippen LogP) is 0.551. The molecule has 0 spiro atoms. The third-order valence-electron chi connectivity index (χ3n) is 3.20. The predicted molar refractivity (Wildman–Crippen MR) is 89.3 cm³/mol.